The zero-order chi connectivity index (χ0) is 41.1. The lowest BCUT2D eigenvalue weighted by molar-refractivity contribution is -0.161. The van der Waals surface area contributed by atoms with Crippen LogP contribution in [0, 0.1) is 0 Å². The van der Waals surface area contributed by atoms with E-state index < -0.39 is 32.5 Å². The average molecular weight is 797 g/mol. The Morgan fingerprint density at radius 2 is 0.893 bits per heavy atom. The van der Waals surface area contributed by atoms with Gasteiger partial charge in [-0.1, -0.05) is 155 Å². The highest BCUT2D eigenvalue weighted by Crippen LogP contribution is 2.35. The molecule has 9 heteroatoms. The van der Waals surface area contributed by atoms with E-state index >= 15 is 0 Å². The van der Waals surface area contributed by atoms with E-state index in [2.05, 4.69) is 128 Å². The van der Waals surface area contributed by atoms with E-state index in [0.29, 0.717) is 12.8 Å². The number of ether oxygens (including phenoxy) is 2. The predicted octanol–water partition coefficient (Wildman–Crippen LogP) is 13.0. The van der Waals surface area contributed by atoms with E-state index in [1.807, 2.05) is 12.2 Å². The maximum Gasteiger partial charge on any atom is 0.469 e. The van der Waals surface area contributed by atoms with Gasteiger partial charge in [-0.2, -0.15) is 0 Å². The van der Waals surface area contributed by atoms with Gasteiger partial charge in [0, 0.05) is 12.8 Å². The van der Waals surface area contributed by atoms with Gasteiger partial charge in [0.2, 0.25) is 0 Å². The Morgan fingerprint density at radius 1 is 0.482 bits per heavy atom. The van der Waals surface area contributed by atoms with Gasteiger partial charge in [0.15, 0.2) is 6.10 Å². The topological polar surface area (TPSA) is 119 Å². The van der Waals surface area contributed by atoms with Crippen LogP contribution in [0.2, 0.25) is 0 Å². The number of rotatable bonds is 36. The minimum Gasteiger partial charge on any atom is -0.462 e. The number of carbonyl (C=O) groups excluding carboxylic acids is 2. The smallest absolute Gasteiger partial charge is 0.462 e. The lowest BCUT2D eigenvalue weighted by Gasteiger charge is -2.18. The first-order valence-electron chi connectivity index (χ1n) is 20.8. The Labute approximate surface area is 339 Å². The molecule has 0 radical (unpaired) electrons. The molecule has 0 bridgehead atoms. The average Bonchev–Trinajstić information content (AvgIpc) is 3.17. The fourth-order valence-corrected chi connectivity index (χ4v) is 5.27. The molecular formula is C47H73O8P. The Kier molecular flexibility index (Phi) is 38.5. The number of phosphoric acid groups is 1. The third kappa shape index (κ3) is 43.2. The van der Waals surface area contributed by atoms with E-state index in [0.717, 1.165) is 77.0 Å². The van der Waals surface area contributed by atoms with Crippen molar-refractivity contribution < 1.29 is 37.9 Å². The zero-order valence-corrected chi connectivity index (χ0v) is 35.4. The molecule has 0 saturated heterocycles. The molecule has 0 rings (SSSR count). The Bertz CT molecular complexity index is 1310. The Morgan fingerprint density at radius 3 is 1.32 bits per heavy atom. The van der Waals surface area contributed by atoms with Crippen LogP contribution in [0.25, 0.3) is 0 Å². The molecular weight excluding hydrogens is 723 g/mol. The third-order valence-electron chi connectivity index (χ3n) is 7.98. The van der Waals surface area contributed by atoms with Crippen LogP contribution in [0.4, 0.5) is 0 Å². The van der Waals surface area contributed by atoms with Crippen LogP contribution in [0.15, 0.2) is 122 Å². The van der Waals surface area contributed by atoms with Crippen molar-refractivity contribution in [1.29, 1.82) is 0 Å². The summed E-state index contributed by atoms with van der Waals surface area (Å²) in [4.78, 5) is 42.8. The number of hydrogen-bond donors (Lipinski definition) is 2. The Hall–Kier alpha value is -3.55. The standard InChI is InChI=1S/C47H73O8P/c1-3-5-7-9-11-13-15-17-19-21-23-25-27-29-31-33-35-37-39-41-46(48)53-43-45(44-54-56(50,51)52)55-47(49)42-40-38-36-34-32-30-28-26-24-22-20-18-16-14-12-10-8-6-4-2/h5,7,11-14,17-20,23-26,29-32,36,38,45H,3-4,6,8-10,15-16,21-22,27-28,33-35,37,39-44H2,1-2H3,(H2,50,51,52)/b7-5+,13-11+,14-12+,19-17+,20-18+,25-23+,26-24+,31-29+,32-30+,38-36+/t45-/m1/s1. The predicted molar refractivity (Wildman–Crippen MR) is 234 cm³/mol. The number of phosphoric ester groups is 1. The van der Waals surface area contributed by atoms with Crippen LogP contribution in [-0.2, 0) is 28.2 Å². The molecule has 0 heterocycles. The zero-order valence-electron chi connectivity index (χ0n) is 34.5. The fourth-order valence-electron chi connectivity index (χ4n) is 4.91. The van der Waals surface area contributed by atoms with Crippen molar-refractivity contribution in [3.8, 4) is 0 Å². The molecule has 0 aliphatic carbocycles. The Balaban J connectivity index is 4.16. The van der Waals surface area contributed by atoms with Gasteiger partial charge in [-0.25, -0.2) is 4.57 Å². The van der Waals surface area contributed by atoms with Crippen molar-refractivity contribution >= 4 is 19.8 Å². The van der Waals surface area contributed by atoms with Gasteiger partial charge >= 0.3 is 19.8 Å². The summed E-state index contributed by atoms with van der Waals surface area (Å²) >= 11 is 0. The van der Waals surface area contributed by atoms with Crippen molar-refractivity contribution in [2.24, 2.45) is 0 Å². The highest BCUT2D eigenvalue weighted by atomic mass is 31.2. The molecule has 0 aromatic heterocycles. The van der Waals surface area contributed by atoms with Crippen molar-refractivity contribution in [3.63, 3.8) is 0 Å². The molecule has 0 aromatic carbocycles. The van der Waals surface area contributed by atoms with E-state index in [-0.39, 0.29) is 19.4 Å². The van der Waals surface area contributed by atoms with Crippen molar-refractivity contribution in [2.45, 2.75) is 148 Å². The van der Waals surface area contributed by atoms with Crippen molar-refractivity contribution in [2.75, 3.05) is 13.2 Å². The third-order valence-corrected chi connectivity index (χ3v) is 8.46. The van der Waals surface area contributed by atoms with Crippen LogP contribution < -0.4 is 0 Å². The van der Waals surface area contributed by atoms with Gasteiger partial charge in [-0.05, 0) is 96.3 Å². The number of esters is 2. The molecule has 0 aliphatic heterocycles. The van der Waals surface area contributed by atoms with Crippen LogP contribution in [0.5, 0.6) is 0 Å². The second-order valence-corrected chi connectivity index (χ2v) is 14.5. The monoisotopic (exact) mass is 797 g/mol. The molecule has 0 aromatic rings. The lowest BCUT2D eigenvalue weighted by Crippen LogP contribution is -2.29. The lowest BCUT2D eigenvalue weighted by atomic mass is 10.1. The van der Waals surface area contributed by atoms with Gasteiger partial charge < -0.3 is 19.3 Å². The van der Waals surface area contributed by atoms with Gasteiger partial charge in [-0.15, -0.1) is 0 Å². The first-order chi connectivity index (χ1) is 27.3. The largest absolute Gasteiger partial charge is 0.469 e. The normalized spacial score (nSPS) is 13.7. The number of unbranched alkanes of at least 4 members (excludes halogenated alkanes) is 6. The van der Waals surface area contributed by atoms with Gasteiger partial charge in [0.1, 0.15) is 6.61 Å². The highest BCUT2D eigenvalue weighted by molar-refractivity contribution is 7.46. The molecule has 0 saturated carbocycles. The molecule has 56 heavy (non-hydrogen) atoms. The second kappa shape index (κ2) is 41.1. The summed E-state index contributed by atoms with van der Waals surface area (Å²) in [6, 6.07) is 0. The van der Waals surface area contributed by atoms with E-state index in [4.69, 9.17) is 19.3 Å². The van der Waals surface area contributed by atoms with E-state index in [1.165, 1.54) is 25.7 Å². The molecule has 2 N–H and O–H groups in total. The summed E-state index contributed by atoms with van der Waals surface area (Å²) in [5, 5.41) is 0. The van der Waals surface area contributed by atoms with Crippen LogP contribution in [0.3, 0.4) is 0 Å². The second-order valence-electron chi connectivity index (χ2n) is 13.2. The maximum atomic E-state index is 12.4. The van der Waals surface area contributed by atoms with Gasteiger partial charge in [0.05, 0.1) is 6.61 Å². The molecule has 0 unspecified atom stereocenters. The number of hydrogen-bond acceptors (Lipinski definition) is 6. The van der Waals surface area contributed by atoms with E-state index in [9.17, 15) is 14.2 Å². The summed E-state index contributed by atoms with van der Waals surface area (Å²) in [6.07, 6.45) is 59.3. The maximum absolute atomic E-state index is 12.4. The molecule has 1 atom stereocenters. The highest BCUT2D eigenvalue weighted by Gasteiger charge is 2.22. The first kappa shape index (κ1) is 52.5. The number of carbonyl (C=O) groups is 2. The van der Waals surface area contributed by atoms with Gasteiger partial charge in [-0.3, -0.25) is 14.1 Å². The van der Waals surface area contributed by atoms with E-state index in [1.54, 1.807) is 0 Å². The van der Waals surface area contributed by atoms with Crippen LogP contribution >= 0.6 is 7.82 Å². The van der Waals surface area contributed by atoms with Gasteiger partial charge in [0.25, 0.3) is 0 Å². The fraction of sp³-hybridized carbons (Fsp3) is 0.532. The summed E-state index contributed by atoms with van der Waals surface area (Å²) in [7, 11) is -4.79. The minimum absolute atomic E-state index is 0.0728. The number of allylic oxidation sites excluding steroid dienone is 20. The quantitative estimate of drug-likeness (QED) is 0.0278. The van der Waals surface area contributed by atoms with Crippen molar-refractivity contribution in [1.82, 2.24) is 0 Å². The molecule has 0 spiro atoms. The molecule has 0 aliphatic rings. The van der Waals surface area contributed by atoms with Crippen LogP contribution in [-0.4, -0.2) is 41.0 Å². The first-order valence-corrected chi connectivity index (χ1v) is 22.4. The summed E-state index contributed by atoms with van der Waals surface area (Å²) in [6.45, 7) is 3.43. The SMILES string of the molecule is CC/C=C/C/C=C/C/C=C/C/C=C/C/C=C/CCCCCC(=O)OC[C@H](COP(=O)(O)O)OC(=O)CC/C=C/C/C=C/C/C=C/C/C=C/C/C=C/CCCCC. The molecule has 314 valence electrons. The summed E-state index contributed by atoms with van der Waals surface area (Å²) in [5.74, 6) is -1.03. The minimum atomic E-state index is -4.79. The van der Waals surface area contributed by atoms with Crippen LogP contribution in [0.1, 0.15) is 142 Å². The summed E-state index contributed by atoms with van der Waals surface area (Å²) < 4.78 is 26.3. The molecule has 8 nitrogen and oxygen atoms in total. The summed E-state index contributed by atoms with van der Waals surface area (Å²) in [5.41, 5.74) is 0. The molecule has 0 fully saturated rings. The molecule has 0 amide bonds. The van der Waals surface area contributed by atoms with Crippen molar-refractivity contribution in [3.05, 3.63) is 122 Å².